The first-order valence-corrected chi connectivity index (χ1v) is 7.76. The second-order valence-electron chi connectivity index (χ2n) is 5.52. The number of halogens is 2. The van der Waals surface area contributed by atoms with Crippen LogP contribution in [0, 0.1) is 5.82 Å². The number of rotatable bonds is 4. The van der Waals surface area contributed by atoms with E-state index in [0.29, 0.717) is 24.2 Å². The van der Waals surface area contributed by atoms with Gasteiger partial charge in [0.05, 0.1) is 5.02 Å². The first-order chi connectivity index (χ1) is 11.5. The summed E-state index contributed by atoms with van der Waals surface area (Å²) in [4.78, 5) is 25.2. The van der Waals surface area contributed by atoms with Crippen molar-refractivity contribution in [2.24, 2.45) is 5.73 Å². The van der Waals surface area contributed by atoms with Gasteiger partial charge in [-0.2, -0.15) is 0 Å². The Kier molecular flexibility index (Phi) is 4.40. The molecule has 3 N–H and O–H groups in total. The van der Waals surface area contributed by atoms with Crippen LogP contribution in [-0.4, -0.2) is 24.4 Å². The van der Waals surface area contributed by atoms with Crippen LogP contribution in [0.4, 0.5) is 15.8 Å². The summed E-state index contributed by atoms with van der Waals surface area (Å²) in [5, 5.41) is 3.12. The maximum Gasteiger partial charge on any atom is 0.249 e. The van der Waals surface area contributed by atoms with E-state index in [1.807, 2.05) is 0 Å². The van der Waals surface area contributed by atoms with E-state index in [0.717, 1.165) is 5.69 Å². The number of amides is 2. The highest BCUT2D eigenvalue weighted by Crippen LogP contribution is 2.27. The molecule has 1 atom stereocenters. The van der Waals surface area contributed by atoms with Gasteiger partial charge in [0.2, 0.25) is 11.8 Å². The van der Waals surface area contributed by atoms with Crippen molar-refractivity contribution in [2.45, 2.75) is 12.5 Å². The van der Waals surface area contributed by atoms with Gasteiger partial charge in [-0.15, -0.1) is 0 Å². The molecule has 0 bridgehead atoms. The van der Waals surface area contributed by atoms with Crippen LogP contribution in [0.1, 0.15) is 16.8 Å². The molecule has 2 amide bonds. The first-order valence-electron chi connectivity index (χ1n) is 7.38. The molecule has 0 unspecified atom stereocenters. The molecule has 124 valence electrons. The van der Waals surface area contributed by atoms with Crippen molar-refractivity contribution in [1.29, 1.82) is 0 Å². The third kappa shape index (κ3) is 3.19. The van der Waals surface area contributed by atoms with Crippen LogP contribution in [0.5, 0.6) is 0 Å². The number of hydrogen-bond donors (Lipinski definition) is 2. The number of anilines is 2. The number of carbonyl (C=O) groups is 2. The molecule has 24 heavy (non-hydrogen) atoms. The molecule has 1 fully saturated rings. The number of hydrogen-bond acceptors (Lipinski definition) is 3. The van der Waals surface area contributed by atoms with Crippen molar-refractivity contribution in [3.63, 3.8) is 0 Å². The lowest BCUT2D eigenvalue weighted by molar-refractivity contribution is -0.117. The van der Waals surface area contributed by atoms with E-state index in [-0.39, 0.29) is 10.9 Å². The average molecular weight is 348 g/mol. The smallest absolute Gasteiger partial charge is 0.249 e. The van der Waals surface area contributed by atoms with E-state index in [2.05, 4.69) is 5.32 Å². The lowest BCUT2D eigenvalue weighted by Crippen LogP contribution is -2.33. The van der Waals surface area contributed by atoms with E-state index < -0.39 is 17.8 Å². The van der Waals surface area contributed by atoms with Crippen LogP contribution in [0.25, 0.3) is 0 Å². The third-order valence-electron chi connectivity index (χ3n) is 3.93. The van der Waals surface area contributed by atoms with Crippen LogP contribution in [0.15, 0.2) is 42.5 Å². The van der Waals surface area contributed by atoms with Crippen LogP contribution >= 0.6 is 11.6 Å². The van der Waals surface area contributed by atoms with Crippen molar-refractivity contribution in [3.8, 4) is 0 Å². The van der Waals surface area contributed by atoms with Gasteiger partial charge in [-0.05, 0) is 48.9 Å². The Morgan fingerprint density at radius 2 is 1.96 bits per heavy atom. The zero-order chi connectivity index (χ0) is 17.3. The fourth-order valence-corrected chi connectivity index (χ4v) is 2.83. The summed E-state index contributed by atoms with van der Waals surface area (Å²) in [7, 11) is 0. The molecular formula is C17H15ClFN3O2. The lowest BCUT2D eigenvalue weighted by Gasteiger charge is -2.18. The summed E-state index contributed by atoms with van der Waals surface area (Å²) in [6.07, 6.45) is 0.603. The van der Waals surface area contributed by atoms with Crippen LogP contribution in [0.3, 0.4) is 0 Å². The molecule has 5 nitrogen and oxygen atoms in total. The van der Waals surface area contributed by atoms with Crippen molar-refractivity contribution in [2.75, 3.05) is 16.8 Å². The molecule has 0 radical (unpaired) electrons. The van der Waals surface area contributed by atoms with Crippen LogP contribution in [0.2, 0.25) is 5.02 Å². The summed E-state index contributed by atoms with van der Waals surface area (Å²) in [5.41, 5.74) is 6.89. The Morgan fingerprint density at radius 3 is 2.58 bits per heavy atom. The maximum atomic E-state index is 13.3. The largest absolute Gasteiger partial charge is 0.374 e. The van der Waals surface area contributed by atoms with Gasteiger partial charge in [-0.25, -0.2) is 4.39 Å². The number of benzene rings is 2. The van der Waals surface area contributed by atoms with Crippen molar-refractivity contribution >= 4 is 34.8 Å². The predicted octanol–water partition coefficient (Wildman–Crippen LogP) is 2.80. The summed E-state index contributed by atoms with van der Waals surface area (Å²) in [6.45, 7) is 0.512. The molecule has 1 aliphatic heterocycles. The fourth-order valence-electron chi connectivity index (χ4n) is 2.66. The number of carbonyl (C=O) groups excluding carboxylic acids is 2. The second kappa shape index (κ2) is 6.49. The van der Waals surface area contributed by atoms with Crippen molar-refractivity contribution in [3.05, 3.63) is 58.9 Å². The molecule has 7 heteroatoms. The Bertz CT molecular complexity index is 795. The van der Waals surface area contributed by atoms with Gasteiger partial charge in [0.1, 0.15) is 11.9 Å². The summed E-state index contributed by atoms with van der Waals surface area (Å²) in [6, 6.07) is 10.4. The van der Waals surface area contributed by atoms with E-state index >= 15 is 0 Å². The normalized spacial score (nSPS) is 17.2. The van der Waals surface area contributed by atoms with Crippen molar-refractivity contribution in [1.82, 2.24) is 0 Å². The van der Waals surface area contributed by atoms with Crippen molar-refractivity contribution < 1.29 is 14.0 Å². The molecular weight excluding hydrogens is 333 g/mol. The minimum atomic E-state index is -0.517. The summed E-state index contributed by atoms with van der Waals surface area (Å²) in [5.74, 6) is -1.13. The fraction of sp³-hybridized carbons (Fsp3) is 0.176. The molecule has 0 aromatic heterocycles. The first kappa shape index (κ1) is 16.3. The molecule has 2 aromatic carbocycles. The van der Waals surface area contributed by atoms with Gasteiger partial charge in [-0.1, -0.05) is 11.6 Å². The minimum Gasteiger partial charge on any atom is -0.374 e. The standard InChI is InChI=1S/C17H15ClFN3O2/c18-13-9-12(5-6-14(13)19)22-8-7-15(17(22)24)21-11-3-1-10(2-4-11)16(20)23/h1-6,9,15,21H,7-8H2,(H2,20,23)/t15-/m0/s1. The number of nitrogens with one attached hydrogen (secondary N) is 1. The highest BCUT2D eigenvalue weighted by molar-refractivity contribution is 6.31. The Labute approximate surface area is 143 Å². The average Bonchev–Trinajstić information content (AvgIpc) is 2.91. The topological polar surface area (TPSA) is 75.4 Å². The van der Waals surface area contributed by atoms with Gasteiger partial charge in [0.15, 0.2) is 0 Å². The highest BCUT2D eigenvalue weighted by atomic mass is 35.5. The van der Waals surface area contributed by atoms with Crippen LogP contribution < -0.4 is 16.0 Å². The molecule has 1 aliphatic rings. The Morgan fingerprint density at radius 1 is 1.25 bits per heavy atom. The van der Waals surface area contributed by atoms with Crippen LogP contribution in [-0.2, 0) is 4.79 Å². The minimum absolute atomic E-state index is 0.0150. The predicted molar refractivity (Wildman–Crippen MR) is 90.8 cm³/mol. The Hall–Kier alpha value is -2.60. The van der Waals surface area contributed by atoms with E-state index in [9.17, 15) is 14.0 Å². The van der Waals surface area contributed by atoms with E-state index in [1.165, 1.54) is 18.2 Å². The van der Waals surface area contributed by atoms with Gasteiger partial charge in [0, 0.05) is 23.5 Å². The van der Waals surface area contributed by atoms with Gasteiger partial charge >= 0.3 is 0 Å². The molecule has 3 rings (SSSR count). The summed E-state index contributed by atoms with van der Waals surface area (Å²) < 4.78 is 13.3. The second-order valence-corrected chi connectivity index (χ2v) is 5.92. The van der Waals surface area contributed by atoms with Gasteiger partial charge in [-0.3, -0.25) is 9.59 Å². The molecule has 2 aromatic rings. The SMILES string of the molecule is NC(=O)c1ccc(N[C@H]2CCN(c3ccc(F)c(Cl)c3)C2=O)cc1. The Balaban J connectivity index is 1.71. The maximum absolute atomic E-state index is 13.3. The quantitative estimate of drug-likeness (QED) is 0.893. The molecule has 0 saturated carbocycles. The van der Waals surface area contributed by atoms with Gasteiger partial charge in [0.25, 0.3) is 0 Å². The zero-order valence-electron chi connectivity index (χ0n) is 12.6. The molecule has 0 spiro atoms. The summed E-state index contributed by atoms with van der Waals surface area (Å²) >= 11 is 5.78. The molecule has 1 heterocycles. The van der Waals surface area contributed by atoms with E-state index in [4.69, 9.17) is 17.3 Å². The lowest BCUT2D eigenvalue weighted by atomic mass is 10.1. The number of nitrogens with zero attached hydrogens (tertiary/aromatic N) is 1. The van der Waals surface area contributed by atoms with Gasteiger partial charge < -0.3 is 16.0 Å². The third-order valence-corrected chi connectivity index (χ3v) is 4.22. The number of nitrogens with two attached hydrogens (primary N) is 1. The highest BCUT2D eigenvalue weighted by Gasteiger charge is 2.32. The molecule has 0 aliphatic carbocycles. The number of primary amides is 1. The molecule has 1 saturated heterocycles. The van der Waals surface area contributed by atoms with E-state index in [1.54, 1.807) is 29.2 Å². The zero-order valence-corrected chi connectivity index (χ0v) is 13.4. The monoisotopic (exact) mass is 347 g/mol.